The summed E-state index contributed by atoms with van der Waals surface area (Å²) in [4.78, 5) is 0.264. The van der Waals surface area contributed by atoms with E-state index in [-0.39, 0.29) is 4.90 Å². The number of hydrazone groups is 1. The zero-order chi connectivity index (χ0) is 19.7. The fourth-order valence-corrected chi connectivity index (χ4v) is 5.35. The lowest BCUT2D eigenvalue weighted by Crippen LogP contribution is -2.27. The van der Waals surface area contributed by atoms with Gasteiger partial charge in [0, 0.05) is 17.0 Å². The average Bonchev–Trinajstić information content (AvgIpc) is 3.15. The van der Waals surface area contributed by atoms with Crippen molar-refractivity contribution in [3.8, 4) is 0 Å². The van der Waals surface area contributed by atoms with Gasteiger partial charge in [-0.15, -0.1) is 0 Å². The standard InChI is InChI=1S/C22H19ClN2O2S/c1-16-9-5-8-14-22(16)28(26,27)25-21(17-10-3-2-4-11-17)15-20(24-25)18-12-6-7-13-19(18)23/h2-14,21H,15H2,1H3/t21-/m1/s1. The van der Waals surface area contributed by atoms with Crippen LogP contribution in [0.15, 0.2) is 88.9 Å². The molecule has 142 valence electrons. The van der Waals surface area contributed by atoms with Gasteiger partial charge < -0.3 is 0 Å². The van der Waals surface area contributed by atoms with Gasteiger partial charge >= 0.3 is 0 Å². The summed E-state index contributed by atoms with van der Waals surface area (Å²) in [6.07, 6.45) is 0.457. The molecule has 0 radical (unpaired) electrons. The molecule has 0 aromatic heterocycles. The highest BCUT2D eigenvalue weighted by atomic mass is 35.5. The first-order chi connectivity index (χ1) is 13.5. The van der Waals surface area contributed by atoms with Crippen LogP contribution < -0.4 is 0 Å². The van der Waals surface area contributed by atoms with Gasteiger partial charge in [-0.3, -0.25) is 0 Å². The summed E-state index contributed by atoms with van der Waals surface area (Å²) in [5.74, 6) is 0. The summed E-state index contributed by atoms with van der Waals surface area (Å²) < 4.78 is 28.2. The zero-order valence-electron chi connectivity index (χ0n) is 15.3. The van der Waals surface area contributed by atoms with Crippen LogP contribution in [0.5, 0.6) is 0 Å². The number of nitrogens with zero attached hydrogens (tertiary/aromatic N) is 2. The second-order valence-electron chi connectivity index (χ2n) is 6.70. The average molecular weight is 411 g/mol. The van der Waals surface area contributed by atoms with E-state index < -0.39 is 16.1 Å². The first-order valence-corrected chi connectivity index (χ1v) is 10.8. The Kier molecular flexibility index (Phi) is 4.96. The minimum Gasteiger partial charge on any atom is -0.200 e. The third-order valence-corrected chi connectivity index (χ3v) is 7.03. The second-order valence-corrected chi connectivity index (χ2v) is 8.87. The molecule has 4 rings (SSSR count). The van der Waals surface area contributed by atoms with Crippen molar-refractivity contribution in [2.24, 2.45) is 5.10 Å². The maximum atomic E-state index is 13.5. The second kappa shape index (κ2) is 7.41. The normalized spacial score (nSPS) is 16.9. The molecule has 4 nitrogen and oxygen atoms in total. The number of halogens is 1. The highest BCUT2D eigenvalue weighted by molar-refractivity contribution is 7.89. The van der Waals surface area contributed by atoms with Crippen LogP contribution in [-0.4, -0.2) is 18.5 Å². The minimum absolute atomic E-state index is 0.264. The van der Waals surface area contributed by atoms with E-state index >= 15 is 0 Å². The van der Waals surface area contributed by atoms with E-state index in [1.807, 2.05) is 54.6 Å². The Labute approximate surface area is 170 Å². The van der Waals surface area contributed by atoms with E-state index in [2.05, 4.69) is 5.10 Å². The van der Waals surface area contributed by atoms with Gasteiger partial charge in [0.15, 0.2) is 0 Å². The monoisotopic (exact) mass is 410 g/mol. The van der Waals surface area contributed by atoms with Crippen LogP contribution >= 0.6 is 11.6 Å². The van der Waals surface area contributed by atoms with Crippen molar-refractivity contribution in [3.63, 3.8) is 0 Å². The Bertz CT molecular complexity index is 1140. The minimum atomic E-state index is -3.82. The van der Waals surface area contributed by atoms with Crippen molar-refractivity contribution >= 4 is 27.3 Å². The molecule has 0 saturated heterocycles. The van der Waals surface area contributed by atoms with Crippen molar-refractivity contribution < 1.29 is 8.42 Å². The largest absolute Gasteiger partial charge is 0.279 e. The Morgan fingerprint density at radius 3 is 2.29 bits per heavy atom. The molecule has 0 aliphatic carbocycles. The first kappa shape index (κ1) is 18.7. The molecule has 0 saturated carbocycles. The molecule has 0 bridgehead atoms. The molecule has 0 unspecified atom stereocenters. The van der Waals surface area contributed by atoms with Crippen molar-refractivity contribution in [3.05, 3.63) is 101 Å². The molecule has 0 N–H and O–H groups in total. The lowest BCUT2D eigenvalue weighted by Gasteiger charge is -2.24. The third kappa shape index (κ3) is 3.32. The molecule has 1 aliphatic rings. The lowest BCUT2D eigenvalue weighted by atomic mass is 9.99. The van der Waals surface area contributed by atoms with Gasteiger partial charge in [0.25, 0.3) is 10.0 Å². The van der Waals surface area contributed by atoms with Crippen LogP contribution in [0.1, 0.15) is 29.2 Å². The van der Waals surface area contributed by atoms with Crippen LogP contribution in [0.2, 0.25) is 5.02 Å². The molecule has 0 spiro atoms. The van der Waals surface area contributed by atoms with Crippen LogP contribution in [-0.2, 0) is 10.0 Å². The van der Waals surface area contributed by atoms with Gasteiger partial charge in [0.2, 0.25) is 0 Å². The molecule has 28 heavy (non-hydrogen) atoms. The van der Waals surface area contributed by atoms with E-state index in [0.717, 1.165) is 11.1 Å². The summed E-state index contributed by atoms with van der Waals surface area (Å²) >= 11 is 6.35. The number of rotatable bonds is 4. The Hall–Kier alpha value is -2.63. The molecule has 1 aliphatic heterocycles. The summed E-state index contributed by atoms with van der Waals surface area (Å²) in [5, 5.41) is 5.10. The molecule has 0 fully saturated rings. The summed E-state index contributed by atoms with van der Waals surface area (Å²) in [5.41, 5.74) is 3.00. The number of benzene rings is 3. The summed E-state index contributed by atoms with van der Waals surface area (Å²) in [6, 6.07) is 23.5. The van der Waals surface area contributed by atoms with Gasteiger partial charge in [-0.2, -0.15) is 17.9 Å². The fraction of sp³-hybridized carbons (Fsp3) is 0.136. The van der Waals surface area contributed by atoms with Crippen LogP contribution in [0.4, 0.5) is 0 Å². The quantitative estimate of drug-likeness (QED) is 0.594. The fourth-order valence-electron chi connectivity index (χ4n) is 3.44. The van der Waals surface area contributed by atoms with E-state index in [9.17, 15) is 8.42 Å². The van der Waals surface area contributed by atoms with Crippen LogP contribution in [0, 0.1) is 6.92 Å². The molecule has 3 aromatic rings. The van der Waals surface area contributed by atoms with Crippen LogP contribution in [0.3, 0.4) is 0 Å². The maximum absolute atomic E-state index is 13.5. The molecular weight excluding hydrogens is 392 g/mol. The molecule has 6 heteroatoms. The molecule has 1 atom stereocenters. The van der Waals surface area contributed by atoms with Gasteiger partial charge in [-0.25, -0.2) is 0 Å². The predicted molar refractivity (Wildman–Crippen MR) is 112 cm³/mol. The maximum Gasteiger partial charge on any atom is 0.279 e. The molecular formula is C22H19ClN2O2S. The van der Waals surface area contributed by atoms with Crippen LogP contribution in [0.25, 0.3) is 0 Å². The molecule has 3 aromatic carbocycles. The lowest BCUT2D eigenvalue weighted by molar-refractivity contribution is 0.371. The highest BCUT2D eigenvalue weighted by Crippen LogP contribution is 2.38. The van der Waals surface area contributed by atoms with Crippen molar-refractivity contribution in [2.45, 2.75) is 24.3 Å². The van der Waals surface area contributed by atoms with Crippen molar-refractivity contribution in [1.82, 2.24) is 4.41 Å². The Balaban J connectivity index is 1.85. The SMILES string of the molecule is Cc1ccccc1S(=O)(=O)N1N=C(c2ccccc2Cl)C[C@@H]1c1ccccc1. The number of hydrogen-bond donors (Lipinski definition) is 0. The zero-order valence-corrected chi connectivity index (χ0v) is 16.9. The smallest absolute Gasteiger partial charge is 0.200 e. The molecule has 1 heterocycles. The van der Waals surface area contributed by atoms with Gasteiger partial charge in [-0.1, -0.05) is 78.3 Å². The van der Waals surface area contributed by atoms with Gasteiger partial charge in [-0.05, 0) is 30.2 Å². The number of aryl methyl sites for hydroxylation is 1. The van der Waals surface area contributed by atoms with Crippen molar-refractivity contribution in [1.29, 1.82) is 0 Å². The van der Waals surface area contributed by atoms with Crippen molar-refractivity contribution in [2.75, 3.05) is 0 Å². The van der Waals surface area contributed by atoms with E-state index in [1.54, 1.807) is 31.2 Å². The van der Waals surface area contributed by atoms with E-state index in [0.29, 0.717) is 22.7 Å². The predicted octanol–water partition coefficient (Wildman–Crippen LogP) is 5.19. The first-order valence-electron chi connectivity index (χ1n) is 8.96. The Morgan fingerprint density at radius 2 is 1.57 bits per heavy atom. The van der Waals surface area contributed by atoms with E-state index in [4.69, 9.17) is 11.6 Å². The van der Waals surface area contributed by atoms with Gasteiger partial charge in [0.1, 0.15) is 0 Å². The molecule has 0 amide bonds. The Morgan fingerprint density at radius 1 is 0.929 bits per heavy atom. The summed E-state index contributed by atoms with van der Waals surface area (Å²) in [6.45, 7) is 1.79. The third-order valence-electron chi connectivity index (χ3n) is 4.86. The highest BCUT2D eigenvalue weighted by Gasteiger charge is 2.38. The summed E-state index contributed by atoms with van der Waals surface area (Å²) in [7, 11) is -3.82. The van der Waals surface area contributed by atoms with Gasteiger partial charge in [0.05, 0.1) is 16.6 Å². The number of hydrogen-bond acceptors (Lipinski definition) is 3. The topological polar surface area (TPSA) is 49.7 Å². The van der Waals surface area contributed by atoms with E-state index in [1.165, 1.54) is 4.41 Å². The number of sulfonamides is 1.